The SMILES string of the molecule is CCCCC(CCc1ccccc1)[N+]#N. The highest BCUT2D eigenvalue weighted by molar-refractivity contribution is 5.14. The monoisotopic (exact) mass is 203 g/mol. The van der Waals surface area contributed by atoms with E-state index < -0.39 is 0 Å². The molecule has 1 aromatic rings. The molecule has 0 bridgehead atoms. The van der Waals surface area contributed by atoms with Crippen LogP contribution >= 0.6 is 0 Å². The maximum absolute atomic E-state index is 8.86. The molecule has 0 fully saturated rings. The van der Waals surface area contributed by atoms with Crippen LogP contribution in [0.5, 0.6) is 0 Å². The Balaban J connectivity index is 2.32. The molecule has 0 aromatic heterocycles. The Hall–Kier alpha value is -1.36. The van der Waals surface area contributed by atoms with Crippen molar-refractivity contribution in [1.82, 2.24) is 0 Å². The van der Waals surface area contributed by atoms with E-state index >= 15 is 0 Å². The maximum atomic E-state index is 8.86. The lowest BCUT2D eigenvalue weighted by Crippen LogP contribution is -2.03. The number of diazo groups is 1. The number of rotatable bonds is 6. The molecule has 0 radical (unpaired) electrons. The number of hydrogen-bond donors (Lipinski definition) is 0. The molecule has 0 saturated carbocycles. The van der Waals surface area contributed by atoms with E-state index in [-0.39, 0.29) is 6.04 Å². The van der Waals surface area contributed by atoms with E-state index in [0.717, 1.165) is 32.1 Å². The Kier molecular flexibility index (Phi) is 5.47. The molecule has 0 heterocycles. The van der Waals surface area contributed by atoms with Crippen LogP contribution in [0.15, 0.2) is 30.3 Å². The van der Waals surface area contributed by atoms with Gasteiger partial charge in [-0.1, -0.05) is 43.7 Å². The minimum absolute atomic E-state index is 0.116. The van der Waals surface area contributed by atoms with Crippen LogP contribution in [0.1, 0.15) is 38.2 Å². The van der Waals surface area contributed by atoms with E-state index in [9.17, 15) is 0 Å². The summed E-state index contributed by atoms with van der Waals surface area (Å²) in [6.07, 6.45) is 5.25. The molecular weight excluding hydrogens is 184 g/mol. The van der Waals surface area contributed by atoms with Gasteiger partial charge in [0, 0.05) is 12.8 Å². The summed E-state index contributed by atoms with van der Waals surface area (Å²) in [5.41, 5.74) is 1.32. The predicted octanol–water partition coefficient (Wildman–Crippen LogP) is 4.03. The van der Waals surface area contributed by atoms with E-state index in [0.29, 0.717) is 0 Å². The number of nitrogens with zero attached hydrogens (tertiary/aromatic N) is 2. The standard InChI is InChI=1S/C13H19N2/c1-2-3-9-13(15-14)11-10-12-7-5-4-6-8-12/h4-8,13H,2-3,9-11H2,1H3/q+1. The quantitative estimate of drug-likeness (QED) is 0.641. The number of benzene rings is 1. The van der Waals surface area contributed by atoms with Gasteiger partial charge in [-0.2, -0.15) is 0 Å². The van der Waals surface area contributed by atoms with Crippen LogP contribution in [0.2, 0.25) is 0 Å². The number of aryl methyl sites for hydroxylation is 1. The Bertz CT molecular complexity index is 300. The summed E-state index contributed by atoms with van der Waals surface area (Å²) in [4.78, 5) is 3.44. The molecule has 0 aliphatic rings. The molecule has 80 valence electrons. The molecule has 0 spiro atoms. The van der Waals surface area contributed by atoms with Crippen molar-refractivity contribution < 1.29 is 0 Å². The molecule has 0 N–H and O–H groups in total. The summed E-state index contributed by atoms with van der Waals surface area (Å²) in [5, 5.41) is 8.86. The minimum Gasteiger partial charge on any atom is -0.0654 e. The molecule has 1 unspecified atom stereocenters. The van der Waals surface area contributed by atoms with Crippen molar-refractivity contribution in [2.45, 2.75) is 45.1 Å². The molecule has 2 nitrogen and oxygen atoms in total. The molecule has 0 aliphatic heterocycles. The highest BCUT2D eigenvalue weighted by atomic mass is 14.9. The van der Waals surface area contributed by atoms with E-state index in [1.54, 1.807) is 0 Å². The summed E-state index contributed by atoms with van der Waals surface area (Å²) >= 11 is 0. The molecule has 15 heavy (non-hydrogen) atoms. The zero-order valence-corrected chi connectivity index (χ0v) is 9.39. The lowest BCUT2D eigenvalue weighted by molar-refractivity contribution is 0.591. The van der Waals surface area contributed by atoms with E-state index in [1.165, 1.54) is 5.56 Å². The van der Waals surface area contributed by atoms with Gasteiger partial charge in [0.1, 0.15) is 4.98 Å². The Morgan fingerprint density at radius 3 is 2.53 bits per heavy atom. The van der Waals surface area contributed by atoms with Gasteiger partial charge in [-0.15, -0.1) is 0 Å². The summed E-state index contributed by atoms with van der Waals surface area (Å²) in [6, 6.07) is 10.5. The lowest BCUT2D eigenvalue weighted by Gasteiger charge is -2.00. The average Bonchev–Trinajstić information content (AvgIpc) is 2.31. The Labute approximate surface area is 91.9 Å². The smallest absolute Gasteiger partial charge is 0.0654 e. The van der Waals surface area contributed by atoms with Gasteiger partial charge in [0.05, 0.1) is 0 Å². The Morgan fingerprint density at radius 1 is 1.20 bits per heavy atom. The molecule has 1 atom stereocenters. The van der Waals surface area contributed by atoms with Crippen molar-refractivity contribution in [2.24, 2.45) is 0 Å². The largest absolute Gasteiger partial charge is 0.314 e. The molecular formula is C13H19N2+. The van der Waals surface area contributed by atoms with Crippen LogP contribution in [-0.2, 0) is 6.42 Å². The number of unbranched alkanes of at least 4 members (excludes halogenated alkanes) is 1. The van der Waals surface area contributed by atoms with Crippen molar-refractivity contribution in [2.75, 3.05) is 0 Å². The second-order valence-corrected chi connectivity index (χ2v) is 3.94. The summed E-state index contributed by atoms with van der Waals surface area (Å²) in [5.74, 6) is 0. The first-order valence-corrected chi connectivity index (χ1v) is 5.75. The van der Waals surface area contributed by atoms with Gasteiger partial charge in [0.2, 0.25) is 5.39 Å². The van der Waals surface area contributed by atoms with Crippen molar-refractivity contribution >= 4 is 0 Å². The molecule has 1 rings (SSSR count). The van der Waals surface area contributed by atoms with Gasteiger partial charge < -0.3 is 0 Å². The average molecular weight is 203 g/mol. The first-order chi connectivity index (χ1) is 7.36. The van der Waals surface area contributed by atoms with Crippen LogP contribution < -0.4 is 0 Å². The second-order valence-electron chi connectivity index (χ2n) is 3.94. The third-order valence-electron chi connectivity index (χ3n) is 2.66. The Morgan fingerprint density at radius 2 is 1.93 bits per heavy atom. The topological polar surface area (TPSA) is 28.1 Å². The normalized spacial score (nSPS) is 12.0. The maximum Gasteiger partial charge on any atom is 0.314 e. The van der Waals surface area contributed by atoms with Gasteiger partial charge >= 0.3 is 6.04 Å². The third kappa shape index (κ3) is 4.60. The van der Waals surface area contributed by atoms with Crippen LogP contribution in [0, 0.1) is 5.39 Å². The number of hydrogen-bond acceptors (Lipinski definition) is 1. The third-order valence-corrected chi connectivity index (χ3v) is 2.66. The molecule has 0 saturated heterocycles. The molecule has 1 aromatic carbocycles. The fourth-order valence-electron chi connectivity index (χ4n) is 1.68. The minimum atomic E-state index is 0.116. The van der Waals surface area contributed by atoms with Crippen LogP contribution in [0.3, 0.4) is 0 Å². The summed E-state index contributed by atoms with van der Waals surface area (Å²) in [7, 11) is 0. The van der Waals surface area contributed by atoms with Crippen molar-refractivity contribution in [3.63, 3.8) is 0 Å². The fourth-order valence-corrected chi connectivity index (χ4v) is 1.68. The van der Waals surface area contributed by atoms with Crippen molar-refractivity contribution in [1.29, 1.82) is 5.39 Å². The van der Waals surface area contributed by atoms with E-state index in [1.807, 2.05) is 18.2 Å². The lowest BCUT2D eigenvalue weighted by atomic mass is 10.0. The molecule has 0 aliphatic carbocycles. The summed E-state index contributed by atoms with van der Waals surface area (Å²) < 4.78 is 0. The van der Waals surface area contributed by atoms with Crippen LogP contribution in [0.4, 0.5) is 0 Å². The molecule has 0 amide bonds. The van der Waals surface area contributed by atoms with Gasteiger partial charge in [-0.05, 0) is 18.4 Å². The highest BCUT2D eigenvalue weighted by Crippen LogP contribution is 2.12. The van der Waals surface area contributed by atoms with Crippen molar-refractivity contribution in [3.05, 3.63) is 40.9 Å². The highest BCUT2D eigenvalue weighted by Gasteiger charge is 2.18. The van der Waals surface area contributed by atoms with Gasteiger partial charge in [0.25, 0.3) is 0 Å². The van der Waals surface area contributed by atoms with Crippen LogP contribution in [0.25, 0.3) is 4.98 Å². The van der Waals surface area contributed by atoms with E-state index in [2.05, 4.69) is 24.0 Å². The zero-order valence-electron chi connectivity index (χ0n) is 9.39. The summed E-state index contributed by atoms with van der Waals surface area (Å²) in [6.45, 7) is 2.16. The van der Waals surface area contributed by atoms with Crippen LogP contribution in [-0.4, -0.2) is 6.04 Å². The first kappa shape index (κ1) is 11.7. The molecule has 2 heteroatoms. The van der Waals surface area contributed by atoms with Crippen molar-refractivity contribution in [3.8, 4) is 0 Å². The predicted molar refractivity (Wildman–Crippen MR) is 63.2 cm³/mol. The second kappa shape index (κ2) is 7.00. The van der Waals surface area contributed by atoms with E-state index in [4.69, 9.17) is 5.39 Å². The van der Waals surface area contributed by atoms with Gasteiger partial charge in [-0.25, -0.2) is 0 Å². The first-order valence-electron chi connectivity index (χ1n) is 5.75. The zero-order chi connectivity index (χ0) is 10.9. The van der Waals surface area contributed by atoms with Gasteiger partial charge in [-0.3, -0.25) is 0 Å². The fraction of sp³-hybridized carbons (Fsp3) is 0.538. The van der Waals surface area contributed by atoms with Gasteiger partial charge in [0.15, 0.2) is 0 Å².